The zero-order valence-corrected chi connectivity index (χ0v) is 16.6. The Labute approximate surface area is 172 Å². The van der Waals surface area contributed by atoms with Crippen LogP contribution in [0.3, 0.4) is 0 Å². The lowest BCUT2D eigenvalue weighted by molar-refractivity contribution is 0.774. The topological polar surface area (TPSA) is 88.5 Å². The van der Waals surface area contributed by atoms with Crippen molar-refractivity contribution in [2.45, 2.75) is 19.9 Å². The van der Waals surface area contributed by atoms with Crippen molar-refractivity contribution in [3.05, 3.63) is 88.7 Å². The molecule has 2 N–H and O–H groups in total. The molecule has 5 rings (SSSR count). The summed E-state index contributed by atoms with van der Waals surface area (Å²) in [5.74, 6) is 0.664. The van der Waals surface area contributed by atoms with Crippen LogP contribution < -0.4 is 10.9 Å². The maximum Gasteiger partial charge on any atom is 0.263 e. The molecule has 3 heterocycles. The second kappa shape index (κ2) is 7.11. The quantitative estimate of drug-likeness (QED) is 0.477. The molecule has 0 aliphatic carbocycles. The Bertz CT molecular complexity index is 1420. The van der Waals surface area contributed by atoms with Crippen LogP contribution in [-0.2, 0) is 0 Å². The fourth-order valence-electron chi connectivity index (χ4n) is 3.88. The summed E-state index contributed by atoms with van der Waals surface area (Å²) in [6.45, 7) is 3.99. The van der Waals surface area contributed by atoms with Crippen LogP contribution in [0, 0.1) is 6.92 Å². The molecule has 0 spiro atoms. The van der Waals surface area contributed by atoms with Gasteiger partial charge in [-0.25, -0.2) is 9.97 Å². The average molecular weight is 396 g/mol. The van der Waals surface area contributed by atoms with Gasteiger partial charge in [-0.05, 0) is 43.0 Å². The van der Waals surface area contributed by atoms with Crippen LogP contribution in [0.1, 0.15) is 24.2 Å². The molecular formula is C23H20N6O. The molecule has 0 saturated carbocycles. The van der Waals surface area contributed by atoms with E-state index in [2.05, 4.69) is 31.5 Å². The third kappa shape index (κ3) is 2.91. The molecule has 1 atom stereocenters. The van der Waals surface area contributed by atoms with E-state index in [1.54, 1.807) is 10.8 Å². The molecular weight excluding hydrogens is 376 g/mol. The normalized spacial score (nSPS) is 12.3. The van der Waals surface area contributed by atoms with Gasteiger partial charge >= 0.3 is 0 Å². The van der Waals surface area contributed by atoms with Crippen molar-refractivity contribution < 1.29 is 0 Å². The van der Waals surface area contributed by atoms with Gasteiger partial charge in [0, 0.05) is 11.4 Å². The number of nitrogens with zero attached hydrogens (tertiary/aromatic N) is 4. The molecule has 148 valence electrons. The molecule has 0 radical (unpaired) electrons. The van der Waals surface area contributed by atoms with E-state index in [1.165, 1.54) is 6.33 Å². The summed E-state index contributed by atoms with van der Waals surface area (Å²) < 4.78 is 1.78. The van der Waals surface area contributed by atoms with E-state index in [-0.39, 0.29) is 11.6 Å². The third-order valence-corrected chi connectivity index (χ3v) is 5.34. The van der Waals surface area contributed by atoms with Crippen LogP contribution >= 0.6 is 0 Å². The Morgan fingerprint density at radius 2 is 1.90 bits per heavy atom. The van der Waals surface area contributed by atoms with Gasteiger partial charge in [-0.15, -0.1) is 0 Å². The first-order valence-corrected chi connectivity index (χ1v) is 9.75. The molecule has 0 bridgehead atoms. The second-order valence-corrected chi connectivity index (χ2v) is 7.31. The number of anilines is 1. The second-order valence-electron chi connectivity index (χ2n) is 7.31. The number of H-pyrrole nitrogens is 1. The summed E-state index contributed by atoms with van der Waals surface area (Å²) >= 11 is 0. The van der Waals surface area contributed by atoms with Crippen LogP contribution in [0.15, 0.2) is 71.9 Å². The molecule has 0 fully saturated rings. The zero-order valence-electron chi connectivity index (χ0n) is 16.6. The Morgan fingerprint density at radius 1 is 1.07 bits per heavy atom. The van der Waals surface area contributed by atoms with Gasteiger partial charge in [0.15, 0.2) is 5.65 Å². The van der Waals surface area contributed by atoms with Crippen LogP contribution in [0.5, 0.6) is 0 Å². The Balaban J connectivity index is 1.71. The van der Waals surface area contributed by atoms with Gasteiger partial charge in [0.2, 0.25) is 0 Å². The molecule has 0 saturated heterocycles. The van der Waals surface area contributed by atoms with E-state index >= 15 is 0 Å². The Morgan fingerprint density at radius 3 is 2.73 bits per heavy atom. The van der Waals surface area contributed by atoms with Crippen molar-refractivity contribution in [2.24, 2.45) is 0 Å². The predicted octanol–water partition coefficient (Wildman–Crippen LogP) is 4.14. The van der Waals surface area contributed by atoms with E-state index in [9.17, 15) is 4.79 Å². The SMILES string of the molecule is Cc1cccc2cc([C@H](C)Nc3ncnc4[nH]ncc34)n(-c3ccccc3)c(=O)c12. The van der Waals surface area contributed by atoms with Crippen LogP contribution in [0.2, 0.25) is 0 Å². The molecule has 7 heteroatoms. The third-order valence-electron chi connectivity index (χ3n) is 5.34. The van der Waals surface area contributed by atoms with E-state index < -0.39 is 0 Å². The molecule has 3 aromatic heterocycles. The lowest BCUT2D eigenvalue weighted by atomic mass is 10.0. The summed E-state index contributed by atoms with van der Waals surface area (Å²) in [6.07, 6.45) is 3.18. The monoisotopic (exact) mass is 396 g/mol. The highest BCUT2D eigenvalue weighted by atomic mass is 16.1. The number of hydrogen-bond acceptors (Lipinski definition) is 5. The summed E-state index contributed by atoms with van der Waals surface area (Å²) in [4.78, 5) is 22.2. The van der Waals surface area contributed by atoms with Crippen molar-refractivity contribution in [1.29, 1.82) is 0 Å². The number of pyridine rings is 1. The molecule has 2 aromatic carbocycles. The highest BCUT2D eigenvalue weighted by molar-refractivity contribution is 5.87. The first-order valence-electron chi connectivity index (χ1n) is 9.75. The molecule has 5 aromatic rings. The van der Waals surface area contributed by atoms with Crippen molar-refractivity contribution in [2.75, 3.05) is 5.32 Å². The summed E-state index contributed by atoms with van der Waals surface area (Å²) in [6, 6.07) is 17.5. The summed E-state index contributed by atoms with van der Waals surface area (Å²) in [7, 11) is 0. The smallest absolute Gasteiger partial charge is 0.263 e. The molecule has 30 heavy (non-hydrogen) atoms. The molecule has 7 nitrogen and oxygen atoms in total. The fourth-order valence-corrected chi connectivity index (χ4v) is 3.88. The lowest BCUT2D eigenvalue weighted by Gasteiger charge is -2.22. The average Bonchev–Trinajstić information content (AvgIpc) is 3.24. The van der Waals surface area contributed by atoms with Gasteiger partial charge in [-0.2, -0.15) is 5.10 Å². The summed E-state index contributed by atoms with van der Waals surface area (Å²) in [5, 5.41) is 12.8. The number of hydrogen-bond donors (Lipinski definition) is 2. The van der Waals surface area contributed by atoms with E-state index in [1.807, 2.05) is 62.4 Å². The number of aryl methyl sites for hydroxylation is 1. The van der Waals surface area contributed by atoms with Gasteiger partial charge in [0.1, 0.15) is 12.1 Å². The van der Waals surface area contributed by atoms with Gasteiger partial charge in [-0.1, -0.05) is 36.4 Å². The van der Waals surface area contributed by atoms with Gasteiger partial charge < -0.3 is 5.32 Å². The van der Waals surface area contributed by atoms with Crippen molar-refractivity contribution >= 4 is 27.6 Å². The van der Waals surface area contributed by atoms with Crippen molar-refractivity contribution in [3.63, 3.8) is 0 Å². The number of aromatic amines is 1. The number of fused-ring (bicyclic) bond motifs is 2. The van der Waals surface area contributed by atoms with Gasteiger partial charge in [0.05, 0.1) is 23.0 Å². The maximum atomic E-state index is 13.6. The highest BCUT2D eigenvalue weighted by Crippen LogP contribution is 2.26. The fraction of sp³-hybridized carbons (Fsp3) is 0.130. The Hall–Kier alpha value is -4.00. The molecule has 0 aliphatic heterocycles. The maximum absolute atomic E-state index is 13.6. The van der Waals surface area contributed by atoms with E-state index in [4.69, 9.17) is 0 Å². The van der Waals surface area contributed by atoms with Crippen molar-refractivity contribution in [3.8, 4) is 5.69 Å². The van der Waals surface area contributed by atoms with Crippen molar-refractivity contribution in [1.82, 2.24) is 24.7 Å². The van der Waals surface area contributed by atoms with Crippen LogP contribution in [0.25, 0.3) is 27.5 Å². The number of benzene rings is 2. The minimum absolute atomic E-state index is 0.0309. The van der Waals surface area contributed by atoms with Crippen LogP contribution in [-0.4, -0.2) is 24.7 Å². The first-order chi connectivity index (χ1) is 14.6. The molecule has 0 aliphatic rings. The molecule has 0 unspecified atom stereocenters. The van der Waals surface area contributed by atoms with E-state index in [0.717, 1.165) is 33.1 Å². The van der Waals surface area contributed by atoms with Crippen LogP contribution in [0.4, 0.5) is 5.82 Å². The minimum atomic E-state index is -0.198. The van der Waals surface area contributed by atoms with Gasteiger partial charge in [0.25, 0.3) is 5.56 Å². The zero-order chi connectivity index (χ0) is 20.7. The number of aromatic nitrogens is 5. The standard InChI is InChI=1S/C23H20N6O/c1-14-7-6-8-16-11-19(29(23(30)20(14)16)17-9-4-3-5-10-17)15(2)27-21-18-12-26-28-22(18)25-13-24-21/h3-13,15H,1-2H3,(H2,24,25,26,27,28)/t15-/m0/s1. The largest absolute Gasteiger partial charge is 0.361 e. The number of para-hydroxylation sites is 1. The summed E-state index contributed by atoms with van der Waals surface area (Å²) in [5.41, 5.74) is 3.27. The molecule has 0 amide bonds. The van der Waals surface area contributed by atoms with Gasteiger partial charge in [-0.3, -0.25) is 14.5 Å². The minimum Gasteiger partial charge on any atom is -0.361 e. The first kappa shape index (κ1) is 18.1. The van der Waals surface area contributed by atoms with E-state index in [0.29, 0.717) is 11.5 Å². The number of nitrogens with one attached hydrogen (secondary N) is 2. The lowest BCUT2D eigenvalue weighted by Crippen LogP contribution is -2.26. The number of rotatable bonds is 4. The highest BCUT2D eigenvalue weighted by Gasteiger charge is 2.18. The predicted molar refractivity (Wildman–Crippen MR) is 118 cm³/mol. The Kier molecular flexibility index (Phi) is 4.28.